The van der Waals surface area contributed by atoms with Crippen LogP contribution in [0, 0.1) is 10.1 Å². The quantitative estimate of drug-likeness (QED) is 0.583. The highest BCUT2D eigenvalue weighted by molar-refractivity contribution is 5.81. The zero-order valence-electron chi connectivity index (χ0n) is 11.2. The number of benzene rings is 2. The first-order valence-electron chi connectivity index (χ1n) is 6.54. The van der Waals surface area contributed by atoms with Gasteiger partial charge in [-0.1, -0.05) is 30.3 Å². The maximum Gasteiger partial charge on any atom is 0.269 e. The summed E-state index contributed by atoms with van der Waals surface area (Å²) in [5, 5.41) is 15.0. The van der Waals surface area contributed by atoms with Gasteiger partial charge in [-0.15, -0.1) is 0 Å². The molecule has 0 saturated heterocycles. The summed E-state index contributed by atoms with van der Waals surface area (Å²) < 4.78 is 0. The summed E-state index contributed by atoms with van der Waals surface area (Å²) in [5.41, 5.74) is 2.79. The van der Waals surface area contributed by atoms with E-state index >= 15 is 0 Å². The molecule has 0 amide bonds. The topological polar surface area (TPSA) is 68.1 Å². The van der Waals surface area contributed by atoms with Gasteiger partial charge in [0.2, 0.25) is 0 Å². The Labute approximate surface area is 121 Å². The SMILES string of the molecule is O=[N+]([O-])c1cccc(CNc2cnc3ccccc3c2)c1. The van der Waals surface area contributed by atoms with Gasteiger partial charge >= 0.3 is 0 Å². The third-order valence-corrected chi connectivity index (χ3v) is 3.21. The molecule has 0 bridgehead atoms. The summed E-state index contributed by atoms with van der Waals surface area (Å²) in [4.78, 5) is 14.7. The van der Waals surface area contributed by atoms with Crippen LogP contribution in [0.2, 0.25) is 0 Å². The van der Waals surface area contributed by atoms with Crippen LogP contribution in [0.4, 0.5) is 11.4 Å². The standard InChI is InChI=1S/C16H13N3O2/c20-19(21)15-6-3-4-12(8-15)10-17-14-9-13-5-1-2-7-16(13)18-11-14/h1-9,11,17H,10H2. The molecule has 104 valence electrons. The van der Waals surface area contributed by atoms with Crippen molar-refractivity contribution in [2.24, 2.45) is 0 Å². The Morgan fingerprint density at radius 1 is 1.10 bits per heavy atom. The van der Waals surface area contributed by atoms with Crippen molar-refractivity contribution in [3.8, 4) is 0 Å². The van der Waals surface area contributed by atoms with Gasteiger partial charge in [0.05, 0.1) is 22.3 Å². The average Bonchev–Trinajstić information content (AvgIpc) is 2.53. The number of pyridine rings is 1. The van der Waals surface area contributed by atoms with E-state index in [2.05, 4.69) is 10.3 Å². The fraction of sp³-hybridized carbons (Fsp3) is 0.0625. The van der Waals surface area contributed by atoms with Crippen LogP contribution in [0.15, 0.2) is 60.8 Å². The molecule has 0 unspecified atom stereocenters. The molecule has 1 N–H and O–H groups in total. The molecular weight excluding hydrogens is 266 g/mol. The Morgan fingerprint density at radius 3 is 2.81 bits per heavy atom. The van der Waals surface area contributed by atoms with E-state index in [4.69, 9.17) is 0 Å². The predicted molar refractivity (Wildman–Crippen MR) is 82.2 cm³/mol. The van der Waals surface area contributed by atoms with E-state index in [1.165, 1.54) is 6.07 Å². The van der Waals surface area contributed by atoms with Gasteiger partial charge in [-0.05, 0) is 17.7 Å². The molecule has 1 heterocycles. The third kappa shape index (κ3) is 2.97. The van der Waals surface area contributed by atoms with Gasteiger partial charge in [0.1, 0.15) is 0 Å². The molecule has 5 heteroatoms. The van der Waals surface area contributed by atoms with Crippen LogP contribution in [0.3, 0.4) is 0 Å². The van der Waals surface area contributed by atoms with E-state index in [0.717, 1.165) is 22.2 Å². The molecule has 0 aliphatic rings. The number of aromatic nitrogens is 1. The maximum atomic E-state index is 10.7. The van der Waals surface area contributed by atoms with Crippen molar-refractivity contribution in [1.29, 1.82) is 0 Å². The van der Waals surface area contributed by atoms with Crippen molar-refractivity contribution in [2.75, 3.05) is 5.32 Å². The molecule has 21 heavy (non-hydrogen) atoms. The molecule has 0 saturated carbocycles. The van der Waals surface area contributed by atoms with Crippen LogP contribution < -0.4 is 5.32 Å². The van der Waals surface area contributed by atoms with Crippen LogP contribution in [0.5, 0.6) is 0 Å². The van der Waals surface area contributed by atoms with Gasteiger partial charge in [0, 0.05) is 24.1 Å². The van der Waals surface area contributed by atoms with E-state index in [1.54, 1.807) is 18.3 Å². The molecule has 5 nitrogen and oxygen atoms in total. The average molecular weight is 279 g/mol. The number of nitrogens with one attached hydrogen (secondary N) is 1. The number of para-hydroxylation sites is 1. The number of hydrogen-bond donors (Lipinski definition) is 1. The summed E-state index contributed by atoms with van der Waals surface area (Å²) in [6.45, 7) is 0.516. The first kappa shape index (κ1) is 13.1. The molecule has 1 aromatic heterocycles. The Morgan fingerprint density at radius 2 is 1.95 bits per heavy atom. The van der Waals surface area contributed by atoms with E-state index in [0.29, 0.717) is 6.54 Å². The molecule has 0 radical (unpaired) electrons. The minimum absolute atomic E-state index is 0.103. The Kier molecular flexibility index (Phi) is 3.47. The van der Waals surface area contributed by atoms with E-state index in [-0.39, 0.29) is 10.6 Å². The number of hydrogen-bond acceptors (Lipinski definition) is 4. The molecule has 0 fully saturated rings. The zero-order valence-corrected chi connectivity index (χ0v) is 11.2. The summed E-state index contributed by atoms with van der Waals surface area (Å²) in [5.74, 6) is 0. The lowest BCUT2D eigenvalue weighted by Crippen LogP contribution is -2.00. The highest BCUT2D eigenvalue weighted by Gasteiger charge is 2.05. The number of nitrogens with zero attached hydrogens (tertiary/aromatic N) is 2. The smallest absolute Gasteiger partial charge is 0.269 e. The van der Waals surface area contributed by atoms with Gasteiger partial charge in [-0.25, -0.2) is 0 Å². The second-order valence-electron chi connectivity index (χ2n) is 4.70. The van der Waals surface area contributed by atoms with Crippen molar-refractivity contribution in [3.05, 3.63) is 76.5 Å². The first-order chi connectivity index (χ1) is 10.2. The minimum atomic E-state index is -0.388. The summed E-state index contributed by atoms with van der Waals surface area (Å²) in [6.07, 6.45) is 1.76. The Hall–Kier alpha value is -2.95. The molecule has 0 aliphatic carbocycles. The lowest BCUT2D eigenvalue weighted by Gasteiger charge is -2.07. The lowest BCUT2D eigenvalue weighted by molar-refractivity contribution is -0.384. The molecule has 0 spiro atoms. The fourth-order valence-electron chi connectivity index (χ4n) is 2.15. The van der Waals surface area contributed by atoms with Crippen LogP contribution in [-0.4, -0.2) is 9.91 Å². The number of rotatable bonds is 4. The van der Waals surface area contributed by atoms with Crippen LogP contribution in [0.1, 0.15) is 5.56 Å². The van der Waals surface area contributed by atoms with Crippen molar-refractivity contribution in [1.82, 2.24) is 4.98 Å². The minimum Gasteiger partial charge on any atom is -0.380 e. The van der Waals surface area contributed by atoms with Gasteiger partial charge < -0.3 is 5.32 Å². The molecular formula is C16H13N3O2. The monoisotopic (exact) mass is 279 g/mol. The van der Waals surface area contributed by atoms with E-state index < -0.39 is 0 Å². The molecule has 0 aliphatic heterocycles. The van der Waals surface area contributed by atoms with Gasteiger partial charge in [-0.3, -0.25) is 15.1 Å². The van der Waals surface area contributed by atoms with Gasteiger partial charge in [0.15, 0.2) is 0 Å². The Balaban J connectivity index is 1.77. The largest absolute Gasteiger partial charge is 0.380 e. The number of anilines is 1. The van der Waals surface area contributed by atoms with Crippen molar-refractivity contribution >= 4 is 22.3 Å². The summed E-state index contributed by atoms with van der Waals surface area (Å²) in [7, 11) is 0. The predicted octanol–water partition coefficient (Wildman–Crippen LogP) is 3.76. The van der Waals surface area contributed by atoms with Gasteiger partial charge in [0.25, 0.3) is 5.69 Å². The zero-order chi connectivity index (χ0) is 14.7. The second-order valence-corrected chi connectivity index (χ2v) is 4.70. The fourth-order valence-corrected chi connectivity index (χ4v) is 2.15. The third-order valence-electron chi connectivity index (χ3n) is 3.21. The normalized spacial score (nSPS) is 10.5. The van der Waals surface area contributed by atoms with E-state index in [9.17, 15) is 10.1 Å². The van der Waals surface area contributed by atoms with Crippen molar-refractivity contribution in [3.63, 3.8) is 0 Å². The second kappa shape index (κ2) is 5.58. The highest BCUT2D eigenvalue weighted by atomic mass is 16.6. The number of nitro groups is 1. The Bertz CT molecular complexity index is 802. The highest BCUT2D eigenvalue weighted by Crippen LogP contribution is 2.18. The van der Waals surface area contributed by atoms with E-state index in [1.807, 2.05) is 36.4 Å². The lowest BCUT2D eigenvalue weighted by atomic mass is 10.2. The van der Waals surface area contributed by atoms with Gasteiger partial charge in [-0.2, -0.15) is 0 Å². The maximum absolute atomic E-state index is 10.7. The molecule has 3 rings (SSSR count). The van der Waals surface area contributed by atoms with Crippen LogP contribution >= 0.6 is 0 Å². The number of non-ortho nitro benzene ring substituents is 1. The first-order valence-corrected chi connectivity index (χ1v) is 6.54. The van der Waals surface area contributed by atoms with Crippen molar-refractivity contribution in [2.45, 2.75) is 6.54 Å². The van der Waals surface area contributed by atoms with Crippen LogP contribution in [0.25, 0.3) is 10.9 Å². The van der Waals surface area contributed by atoms with Crippen LogP contribution in [-0.2, 0) is 6.54 Å². The number of nitro benzene ring substituents is 1. The molecule has 3 aromatic rings. The van der Waals surface area contributed by atoms with Crippen molar-refractivity contribution < 1.29 is 4.92 Å². The summed E-state index contributed by atoms with van der Waals surface area (Å²) in [6, 6.07) is 16.5. The summed E-state index contributed by atoms with van der Waals surface area (Å²) >= 11 is 0. The molecule has 0 atom stereocenters. The number of fused-ring (bicyclic) bond motifs is 1. The molecule has 2 aromatic carbocycles.